The number of nitrogens with zero attached hydrogens (tertiary/aromatic N) is 1. The van der Waals surface area contributed by atoms with E-state index in [1.54, 1.807) is 29.5 Å². The van der Waals surface area contributed by atoms with Gasteiger partial charge < -0.3 is 10.2 Å². The highest BCUT2D eigenvalue weighted by Gasteiger charge is 2.23. The fraction of sp³-hybridized carbons (Fsp3) is 0.353. The molecule has 1 amide bonds. The van der Waals surface area contributed by atoms with Gasteiger partial charge in [0.2, 0.25) is 15.9 Å². The number of carbonyl (C=O) groups excluding carboxylic acids is 1. The Hall–Kier alpha value is -1.74. The van der Waals surface area contributed by atoms with Crippen molar-refractivity contribution in [3.05, 3.63) is 52.7 Å². The van der Waals surface area contributed by atoms with Crippen molar-refractivity contribution in [2.24, 2.45) is 0 Å². The minimum Gasteiger partial charge on any atom is -0.353 e. The van der Waals surface area contributed by atoms with Crippen molar-refractivity contribution in [1.29, 1.82) is 0 Å². The van der Waals surface area contributed by atoms with Crippen LogP contribution in [-0.4, -0.2) is 45.9 Å². The summed E-state index contributed by atoms with van der Waals surface area (Å²) < 4.78 is 27.0. The maximum Gasteiger partial charge on any atom is 0.241 e. The molecule has 1 aromatic carbocycles. The van der Waals surface area contributed by atoms with E-state index in [1.165, 1.54) is 19.1 Å². The van der Waals surface area contributed by atoms with Crippen LogP contribution in [0.25, 0.3) is 0 Å². The first kappa shape index (κ1) is 19.6. The normalized spacial score (nSPS) is 14.2. The summed E-state index contributed by atoms with van der Waals surface area (Å²) in [6.07, 6.45) is 0. The van der Waals surface area contributed by atoms with Crippen LogP contribution in [0.5, 0.6) is 0 Å². The predicted molar refractivity (Wildman–Crippen MR) is 100.0 cm³/mol. The molecule has 1 aromatic heterocycles. The third kappa shape index (κ3) is 5.37. The lowest BCUT2D eigenvalue weighted by Crippen LogP contribution is -2.46. The van der Waals surface area contributed by atoms with Gasteiger partial charge in [-0.2, -0.15) is 4.72 Å². The molecule has 2 unspecified atom stereocenters. The zero-order valence-electron chi connectivity index (χ0n) is 14.5. The lowest BCUT2D eigenvalue weighted by atomic mass is 10.2. The molecule has 2 aromatic rings. The lowest BCUT2D eigenvalue weighted by molar-refractivity contribution is -0.122. The van der Waals surface area contributed by atoms with Crippen LogP contribution >= 0.6 is 11.3 Å². The highest BCUT2D eigenvalue weighted by Crippen LogP contribution is 2.22. The number of hydrogen-bond acceptors (Lipinski definition) is 5. The van der Waals surface area contributed by atoms with Crippen molar-refractivity contribution in [2.75, 3.05) is 20.6 Å². The Morgan fingerprint density at radius 2 is 1.84 bits per heavy atom. The van der Waals surface area contributed by atoms with Crippen LogP contribution in [0.15, 0.2) is 52.7 Å². The van der Waals surface area contributed by atoms with E-state index in [4.69, 9.17) is 0 Å². The Balaban J connectivity index is 1.96. The minimum absolute atomic E-state index is 0.0434. The van der Waals surface area contributed by atoms with Gasteiger partial charge in [-0.05, 0) is 44.6 Å². The number of hydrogen-bond donors (Lipinski definition) is 2. The maximum atomic E-state index is 12.3. The van der Waals surface area contributed by atoms with E-state index in [-0.39, 0.29) is 16.8 Å². The molecule has 0 bridgehead atoms. The van der Waals surface area contributed by atoms with Gasteiger partial charge in [0.15, 0.2) is 0 Å². The van der Waals surface area contributed by atoms with E-state index in [0.717, 1.165) is 4.88 Å². The summed E-state index contributed by atoms with van der Waals surface area (Å²) >= 11 is 1.62. The van der Waals surface area contributed by atoms with E-state index >= 15 is 0 Å². The number of amides is 1. The number of likely N-dealkylation sites (N-methyl/N-ethyl adjacent to an activating group) is 1. The topological polar surface area (TPSA) is 78.5 Å². The zero-order chi connectivity index (χ0) is 18.4. The van der Waals surface area contributed by atoms with Crippen LogP contribution in [0.4, 0.5) is 0 Å². The third-order valence-electron chi connectivity index (χ3n) is 3.74. The maximum absolute atomic E-state index is 12.3. The summed E-state index contributed by atoms with van der Waals surface area (Å²) in [4.78, 5) is 15.6. The molecule has 0 aliphatic carbocycles. The number of nitrogens with one attached hydrogen (secondary N) is 2. The van der Waals surface area contributed by atoms with Crippen molar-refractivity contribution in [2.45, 2.75) is 23.9 Å². The van der Waals surface area contributed by atoms with Crippen LogP contribution in [0, 0.1) is 0 Å². The standard InChI is InChI=1S/C17H23N3O3S2/c1-13(19-25(22,23)14-8-5-4-6-9-14)17(21)18-12-15(20(2)3)16-10-7-11-24-16/h4-11,13,15,19H,12H2,1-3H3,(H,18,21). The van der Waals surface area contributed by atoms with E-state index in [0.29, 0.717) is 6.54 Å². The van der Waals surface area contributed by atoms with Crippen molar-refractivity contribution >= 4 is 27.3 Å². The van der Waals surface area contributed by atoms with Gasteiger partial charge in [-0.1, -0.05) is 24.3 Å². The molecule has 2 atom stereocenters. The summed E-state index contributed by atoms with van der Waals surface area (Å²) in [7, 11) is 0.163. The van der Waals surface area contributed by atoms with Gasteiger partial charge in [0.1, 0.15) is 0 Å². The molecule has 0 aliphatic heterocycles. The highest BCUT2D eigenvalue weighted by molar-refractivity contribution is 7.89. The summed E-state index contributed by atoms with van der Waals surface area (Å²) in [6, 6.07) is 11.2. The minimum atomic E-state index is -3.72. The Morgan fingerprint density at radius 3 is 2.40 bits per heavy atom. The number of rotatable bonds is 8. The van der Waals surface area contributed by atoms with Crippen molar-refractivity contribution < 1.29 is 13.2 Å². The summed E-state index contributed by atoms with van der Waals surface area (Å²) in [5.41, 5.74) is 0. The molecule has 0 saturated carbocycles. The second kappa shape index (κ2) is 8.57. The van der Waals surface area contributed by atoms with Gasteiger partial charge in [-0.3, -0.25) is 4.79 Å². The summed E-state index contributed by atoms with van der Waals surface area (Å²) in [5.74, 6) is -0.358. The Kier molecular flexibility index (Phi) is 6.71. The summed E-state index contributed by atoms with van der Waals surface area (Å²) in [6.45, 7) is 1.94. The molecule has 0 aliphatic rings. The molecule has 25 heavy (non-hydrogen) atoms. The van der Waals surface area contributed by atoms with Crippen molar-refractivity contribution in [1.82, 2.24) is 14.9 Å². The SMILES string of the molecule is CC(NS(=O)(=O)c1ccccc1)C(=O)NCC(c1cccs1)N(C)C. The monoisotopic (exact) mass is 381 g/mol. The molecule has 8 heteroatoms. The fourth-order valence-corrected chi connectivity index (χ4v) is 4.47. The quantitative estimate of drug-likeness (QED) is 0.731. The van der Waals surface area contributed by atoms with Crippen LogP contribution in [-0.2, 0) is 14.8 Å². The molecule has 0 fully saturated rings. The van der Waals surface area contributed by atoms with E-state index in [9.17, 15) is 13.2 Å². The molecule has 136 valence electrons. The van der Waals surface area contributed by atoms with Crippen LogP contribution in [0.1, 0.15) is 17.8 Å². The second-order valence-electron chi connectivity index (χ2n) is 5.90. The second-order valence-corrected chi connectivity index (χ2v) is 8.59. The zero-order valence-corrected chi connectivity index (χ0v) is 16.1. The molecule has 0 radical (unpaired) electrons. The molecule has 2 rings (SSSR count). The third-order valence-corrected chi connectivity index (χ3v) is 6.27. The van der Waals surface area contributed by atoms with Crippen LogP contribution < -0.4 is 10.0 Å². The largest absolute Gasteiger partial charge is 0.353 e. The summed E-state index contributed by atoms with van der Waals surface area (Å²) in [5, 5.41) is 4.82. The first-order valence-electron chi connectivity index (χ1n) is 7.86. The van der Waals surface area contributed by atoms with E-state index in [2.05, 4.69) is 10.0 Å². The average molecular weight is 382 g/mol. The number of benzene rings is 1. The molecular weight excluding hydrogens is 358 g/mol. The molecule has 0 saturated heterocycles. The van der Waals surface area contributed by atoms with Crippen LogP contribution in [0.3, 0.4) is 0 Å². The molecule has 1 heterocycles. The Labute approximate surface area is 152 Å². The molecule has 6 nitrogen and oxygen atoms in total. The first-order chi connectivity index (χ1) is 11.8. The average Bonchev–Trinajstić information content (AvgIpc) is 3.09. The number of thiophene rings is 1. The first-order valence-corrected chi connectivity index (χ1v) is 10.2. The molecule has 0 spiro atoms. The number of sulfonamides is 1. The van der Waals surface area contributed by atoms with Crippen molar-refractivity contribution in [3.8, 4) is 0 Å². The van der Waals surface area contributed by atoms with Crippen molar-refractivity contribution in [3.63, 3.8) is 0 Å². The lowest BCUT2D eigenvalue weighted by Gasteiger charge is -2.24. The van der Waals surface area contributed by atoms with Gasteiger partial charge in [0, 0.05) is 11.4 Å². The van der Waals surface area contributed by atoms with E-state index in [1.807, 2.05) is 36.5 Å². The van der Waals surface area contributed by atoms with Gasteiger partial charge in [-0.25, -0.2) is 8.42 Å². The van der Waals surface area contributed by atoms with Crippen LogP contribution in [0.2, 0.25) is 0 Å². The Bertz CT molecular complexity index is 775. The van der Waals surface area contributed by atoms with Gasteiger partial charge >= 0.3 is 0 Å². The van der Waals surface area contributed by atoms with Gasteiger partial charge in [-0.15, -0.1) is 11.3 Å². The fourth-order valence-electron chi connectivity index (χ4n) is 2.32. The van der Waals surface area contributed by atoms with E-state index < -0.39 is 16.1 Å². The highest BCUT2D eigenvalue weighted by atomic mass is 32.2. The van der Waals surface area contributed by atoms with Gasteiger partial charge in [0.05, 0.1) is 17.0 Å². The smallest absolute Gasteiger partial charge is 0.241 e. The van der Waals surface area contributed by atoms with Gasteiger partial charge in [0.25, 0.3) is 0 Å². The number of carbonyl (C=O) groups is 1. The Morgan fingerprint density at radius 1 is 1.16 bits per heavy atom. The molecular formula is C17H23N3O3S2. The predicted octanol–water partition coefficient (Wildman–Crippen LogP) is 1.83. The molecule has 2 N–H and O–H groups in total.